The number of hydrogen-bond donors (Lipinski definition) is 3. The second-order valence-electron chi connectivity index (χ2n) is 8.33. The Balaban J connectivity index is 1.73. The predicted octanol–water partition coefficient (Wildman–Crippen LogP) is 3.66. The third kappa shape index (κ3) is 5.21. The largest absolute Gasteiger partial charge is 0.475 e. The van der Waals surface area contributed by atoms with Crippen LogP contribution in [0.2, 0.25) is 0 Å². The number of aliphatic hydroxyl groups excluding tert-OH is 1. The molecule has 12 heteroatoms. The highest BCUT2D eigenvalue weighted by molar-refractivity contribution is 5.84. The summed E-state index contributed by atoms with van der Waals surface area (Å²) in [5.74, 6) is -1.41. The Labute approximate surface area is 186 Å². The molecule has 1 saturated carbocycles. The van der Waals surface area contributed by atoms with Crippen molar-refractivity contribution in [2.24, 2.45) is 0 Å². The molecule has 0 amide bonds. The molecule has 3 heterocycles. The number of halogens is 3. The summed E-state index contributed by atoms with van der Waals surface area (Å²) in [6.07, 6.45) is 1.38. The molecule has 0 radical (unpaired) electrons. The molecule has 0 unspecified atom stereocenters. The molecule has 33 heavy (non-hydrogen) atoms. The average molecular weight is 464 g/mol. The Hall–Kier alpha value is -3.28. The zero-order valence-corrected chi connectivity index (χ0v) is 17.7. The molecule has 3 N–H and O–H groups in total. The molecule has 3 aromatic heterocycles. The lowest BCUT2D eigenvalue weighted by Gasteiger charge is -2.25. The summed E-state index contributed by atoms with van der Waals surface area (Å²) in [6.45, 7) is 1.41. The van der Waals surface area contributed by atoms with E-state index >= 15 is 0 Å². The van der Waals surface area contributed by atoms with E-state index in [-0.39, 0.29) is 23.8 Å². The normalized spacial score (nSPS) is 20.0. The van der Waals surface area contributed by atoms with Gasteiger partial charge in [-0.3, -0.25) is 0 Å². The van der Waals surface area contributed by atoms with Crippen molar-refractivity contribution in [1.29, 1.82) is 0 Å². The lowest BCUT2D eigenvalue weighted by Crippen LogP contribution is -2.25. The minimum Gasteiger partial charge on any atom is -0.475 e. The van der Waals surface area contributed by atoms with Crippen LogP contribution >= 0.6 is 0 Å². The summed E-state index contributed by atoms with van der Waals surface area (Å²) < 4.78 is 39.8. The van der Waals surface area contributed by atoms with Crippen molar-refractivity contribution in [3.8, 4) is 11.1 Å². The third-order valence-corrected chi connectivity index (χ3v) is 5.73. The van der Waals surface area contributed by atoms with Gasteiger partial charge in [0.05, 0.1) is 24.2 Å². The SMILES string of the molecule is C[C@@H](CC(F)(F)F)Nc1ncc2c(-c3cnc(C(=O)O)nc3)cc(C3CCC(O)CC3)n2n1. The Bertz CT molecular complexity index is 1140. The number of alkyl halides is 3. The maximum Gasteiger partial charge on any atom is 0.391 e. The molecule has 1 aliphatic rings. The van der Waals surface area contributed by atoms with Gasteiger partial charge in [0.1, 0.15) is 0 Å². The molecule has 9 nitrogen and oxygen atoms in total. The van der Waals surface area contributed by atoms with E-state index in [0.29, 0.717) is 29.5 Å². The molecular formula is C21H23F3N6O3. The molecular weight excluding hydrogens is 441 g/mol. The molecule has 0 saturated heterocycles. The maximum absolute atomic E-state index is 12.7. The molecule has 4 rings (SSSR count). The van der Waals surface area contributed by atoms with Crippen molar-refractivity contribution < 1.29 is 28.2 Å². The summed E-state index contributed by atoms with van der Waals surface area (Å²) in [5, 5.41) is 26.1. The first kappa shape index (κ1) is 22.9. The first-order valence-corrected chi connectivity index (χ1v) is 10.6. The molecule has 176 valence electrons. The summed E-state index contributed by atoms with van der Waals surface area (Å²) in [4.78, 5) is 23.0. The van der Waals surface area contributed by atoms with Gasteiger partial charge in [0.25, 0.3) is 0 Å². The highest BCUT2D eigenvalue weighted by Gasteiger charge is 2.30. The van der Waals surface area contributed by atoms with E-state index in [4.69, 9.17) is 5.11 Å². The molecule has 0 aliphatic heterocycles. The smallest absolute Gasteiger partial charge is 0.391 e. The standard InChI is InChI=1S/C21H23F3N6O3/c1-11(7-21(22,23)24)28-20-27-10-17-15(13-8-25-18(19(32)33)26-9-13)6-16(30(17)29-20)12-2-4-14(31)5-3-12/h6,8-12,14,31H,2-5,7H2,1H3,(H,28,29)(H,32,33)/t11-,12?,14?/m0/s1. The minimum absolute atomic E-state index is 0.0657. The third-order valence-electron chi connectivity index (χ3n) is 5.73. The van der Waals surface area contributed by atoms with Gasteiger partial charge in [0.15, 0.2) is 0 Å². The van der Waals surface area contributed by atoms with Crippen LogP contribution in [0.3, 0.4) is 0 Å². The Morgan fingerprint density at radius 2 is 1.85 bits per heavy atom. The number of hydrogen-bond acceptors (Lipinski definition) is 7. The minimum atomic E-state index is -4.31. The summed E-state index contributed by atoms with van der Waals surface area (Å²) in [7, 11) is 0. The highest BCUT2D eigenvalue weighted by atomic mass is 19.4. The van der Waals surface area contributed by atoms with Crippen LogP contribution in [0.1, 0.15) is 61.3 Å². The number of nitrogens with one attached hydrogen (secondary N) is 1. The molecule has 0 bridgehead atoms. The molecule has 0 spiro atoms. The van der Waals surface area contributed by atoms with E-state index in [1.165, 1.54) is 25.5 Å². The monoisotopic (exact) mass is 464 g/mol. The number of nitrogens with zero attached hydrogens (tertiary/aromatic N) is 5. The van der Waals surface area contributed by atoms with Gasteiger partial charge < -0.3 is 15.5 Å². The first-order valence-electron chi connectivity index (χ1n) is 10.6. The lowest BCUT2D eigenvalue weighted by atomic mass is 9.85. The van der Waals surface area contributed by atoms with Gasteiger partial charge in [0, 0.05) is 41.2 Å². The summed E-state index contributed by atoms with van der Waals surface area (Å²) in [5.41, 5.74) is 2.68. The Morgan fingerprint density at radius 1 is 1.18 bits per heavy atom. The molecule has 0 aromatic carbocycles. The number of fused-ring (bicyclic) bond motifs is 1. The quantitative estimate of drug-likeness (QED) is 0.505. The van der Waals surface area contributed by atoms with Crippen molar-refractivity contribution in [3.63, 3.8) is 0 Å². The number of carboxylic acid groups (broad SMARTS) is 1. The molecule has 1 aliphatic carbocycles. The van der Waals surface area contributed by atoms with E-state index in [1.807, 2.05) is 6.07 Å². The lowest BCUT2D eigenvalue weighted by molar-refractivity contribution is -0.136. The molecule has 1 fully saturated rings. The summed E-state index contributed by atoms with van der Waals surface area (Å²) >= 11 is 0. The van der Waals surface area contributed by atoms with Gasteiger partial charge in [-0.25, -0.2) is 24.3 Å². The number of rotatable bonds is 6. The van der Waals surface area contributed by atoms with Crippen molar-refractivity contribution in [2.75, 3.05) is 5.32 Å². The van der Waals surface area contributed by atoms with Crippen molar-refractivity contribution in [3.05, 3.63) is 36.2 Å². The van der Waals surface area contributed by atoms with Crippen LogP contribution in [-0.2, 0) is 0 Å². The van der Waals surface area contributed by atoms with Gasteiger partial charge in [-0.15, -0.1) is 5.10 Å². The molecule has 1 atom stereocenters. The Morgan fingerprint density at radius 3 is 2.45 bits per heavy atom. The second kappa shape index (κ2) is 8.93. The van der Waals surface area contributed by atoms with E-state index < -0.39 is 24.6 Å². The number of carbonyl (C=O) groups is 1. The number of aromatic nitrogens is 5. The van der Waals surface area contributed by atoms with E-state index in [0.717, 1.165) is 18.5 Å². The van der Waals surface area contributed by atoms with Gasteiger partial charge in [-0.1, -0.05) is 0 Å². The number of carboxylic acids is 1. The number of aromatic carboxylic acids is 1. The van der Waals surface area contributed by atoms with E-state index in [9.17, 15) is 23.1 Å². The second-order valence-corrected chi connectivity index (χ2v) is 8.33. The summed E-state index contributed by atoms with van der Waals surface area (Å²) in [6, 6.07) is 0.983. The van der Waals surface area contributed by atoms with Gasteiger partial charge in [0.2, 0.25) is 11.8 Å². The fourth-order valence-corrected chi connectivity index (χ4v) is 4.17. The van der Waals surface area contributed by atoms with Gasteiger partial charge in [-0.2, -0.15) is 13.2 Å². The average Bonchev–Trinajstić information content (AvgIpc) is 3.12. The van der Waals surface area contributed by atoms with Crippen molar-refractivity contribution in [2.45, 2.75) is 63.3 Å². The zero-order chi connectivity index (χ0) is 23.8. The van der Waals surface area contributed by atoms with Crippen LogP contribution in [0.5, 0.6) is 0 Å². The molecule has 3 aromatic rings. The first-order chi connectivity index (χ1) is 15.6. The topological polar surface area (TPSA) is 126 Å². The Kier molecular flexibility index (Phi) is 6.19. The van der Waals surface area contributed by atoms with Gasteiger partial charge >= 0.3 is 12.1 Å². The van der Waals surface area contributed by atoms with E-state index in [2.05, 4.69) is 25.4 Å². The predicted molar refractivity (Wildman–Crippen MR) is 112 cm³/mol. The fourth-order valence-electron chi connectivity index (χ4n) is 4.17. The maximum atomic E-state index is 12.7. The van der Waals surface area contributed by atoms with E-state index in [1.54, 1.807) is 4.52 Å². The fraction of sp³-hybridized carbons (Fsp3) is 0.476. The van der Waals surface area contributed by atoms with Crippen molar-refractivity contribution in [1.82, 2.24) is 24.6 Å². The van der Waals surface area contributed by atoms with Crippen molar-refractivity contribution >= 4 is 17.4 Å². The zero-order valence-electron chi connectivity index (χ0n) is 17.7. The van der Waals surface area contributed by atoms with Crippen LogP contribution in [-0.4, -0.2) is 59.1 Å². The van der Waals surface area contributed by atoms with Crippen LogP contribution in [0.4, 0.5) is 19.1 Å². The number of aliphatic hydroxyl groups is 1. The van der Waals surface area contributed by atoms with Crippen LogP contribution in [0.15, 0.2) is 24.7 Å². The highest BCUT2D eigenvalue weighted by Crippen LogP contribution is 2.37. The van der Waals surface area contributed by atoms with Crippen LogP contribution in [0.25, 0.3) is 16.6 Å². The number of anilines is 1. The van der Waals surface area contributed by atoms with Crippen LogP contribution in [0, 0.1) is 0 Å². The van der Waals surface area contributed by atoms with Gasteiger partial charge in [-0.05, 0) is 38.7 Å². The van der Waals surface area contributed by atoms with Crippen LogP contribution < -0.4 is 5.32 Å².